The smallest absolute Gasteiger partial charge is 0.222 e. The highest BCUT2D eigenvalue weighted by atomic mass is 16.5. The van der Waals surface area contributed by atoms with Gasteiger partial charge >= 0.3 is 0 Å². The molecule has 2 aliphatic rings. The third-order valence-electron chi connectivity index (χ3n) is 5.24. The van der Waals surface area contributed by atoms with Crippen molar-refractivity contribution in [3.8, 4) is 11.5 Å². The number of ether oxygens (including phenoxy) is 5. The Morgan fingerprint density at radius 3 is 2.55 bits per heavy atom. The monoisotopic (exact) mass is 455 g/mol. The second kappa shape index (κ2) is 9.55. The first kappa shape index (κ1) is 22.7. The van der Waals surface area contributed by atoms with Gasteiger partial charge < -0.3 is 29.0 Å². The Kier molecular flexibility index (Phi) is 6.57. The van der Waals surface area contributed by atoms with Crippen LogP contribution in [0.5, 0.6) is 11.5 Å². The second-order valence-electron chi connectivity index (χ2n) is 8.10. The minimum Gasteiger partial charge on any atom is -0.493 e. The fourth-order valence-corrected chi connectivity index (χ4v) is 3.34. The number of hydrogen-bond acceptors (Lipinski definition) is 10. The molecular formula is C23H25N3O7. The van der Waals surface area contributed by atoms with Gasteiger partial charge in [-0.2, -0.15) is 0 Å². The molecule has 10 heteroatoms. The summed E-state index contributed by atoms with van der Waals surface area (Å²) >= 11 is 0. The Hall–Kier alpha value is -3.50. The molecule has 1 N–H and O–H groups in total. The molecule has 4 rings (SSSR count). The second-order valence-corrected chi connectivity index (χ2v) is 8.10. The molecule has 1 saturated heterocycles. The molecule has 0 bridgehead atoms. The molecule has 0 saturated carbocycles. The van der Waals surface area contributed by atoms with Gasteiger partial charge in [-0.25, -0.2) is 9.97 Å². The first-order valence-corrected chi connectivity index (χ1v) is 10.4. The predicted octanol–water partition coefficient (Wildman–Crippen LogP) is 2.05. The number of methoxy groups -OCH3 is 2. The van der Waals surface area contributed by atoms with Gasteiger partial charge in [-0.15, -0.1) is 0 Å². The summed E-state index contributed by atoms with van der Waals surface area (Å²) in [6.45, 7) is 4.20. The van der Waals surface area contributed by atoms with Crippen molar-refractivity contribution in [3.63, 3.8) is 0 Å². The summed E-state index contributed by atoms with van der Waals surface area (Å²) in [6, 6.07) is 3.43. The summed E-state index contributed by atoms with van der Waals surface area (Å²) in [4.78, 5) is 33.7. The van der Waals surface area contributed by atoms with Crippen molar-refractivity contribution in [2.75, 3.05) is 52.6 Å². The van der Waals surface area contributed by atoms with E-state index in [1.807, 2.05) is 6.92 Å². The molecule has 10 nitrogen and oxygen atoms in total. The van der Waals surface area contributed by atoms with E-state index in [0.29, 0.717) is 61.3 Å². The average molecular weight is 455 g/mol. The number of allylic oxidation sites excluding steroid dienone is 2. The quantitative estimate of drug-likeness (QED) is 0.421. The topological polar surface area (TPSA) is 118 Å². The van der Waals surface area contributed by atoms with Crippen LogP contribution in [-0.4, -0.2) is 68.8 Å². The van der Waals surface area contributed by atoms with Gasteiger partial charge in [-0.1, -0.05) is 6.92 Å². The molecule has 0 atom stereocenters. The summed E-state index contributed by atoms with van der Waals surface area (Å²) in [5.41, 5.74) is 0.522. The maximum atomic E-state index is 12.7. The lowest BCUT2D eigenvalue weighted by Gasteiger charge is -2.37. The average Bonchev–Trinajstić information content (AvgIpc) is 2.79. The van der Waals surface area contributed by atoms with Crippen molar-refractivity contribution in [3.05, 3.63) is 42.1 Å². The molecule has 33 heavy (non-hydrogen) atoms. The van der Waals surface area contributed by atoms with Crippen molar-refractivity contribution in [1.29, 1.82) is 0 Å². The summed E-state index contributed by atoms with van der Waals surface area (Å²) in [7, 11) is 3.11. The molecule has 1 aliphatic carbocycles. The first-order chi connectivity index (χ1) is 15.9. The summed E-state index contributed by atoms with van der Waals surface area (Å²) in [5, 5.41) is 3.54. The predicted molar refractivity (Wildman–Crippen MR) is 118 cm³/mol. The van der Waals surface area contributed by atoms with Crippen LogP contribution in [0.4, 0.5) is 5.82 Å². The van der Waals surface area contributed by atoms with Crippen molar-refractivity contribution in [1.82, 2.24) is 9.97 Å². The zero-order valence-electron chi connectivity index (χ0n) is 18.7. The highest BCUT2D eigenvalue weighted by Crippen LogP contribution is 2.34. The molecule has 1 aromatic carbocycles. The lowest BCUT2D eigenvalue weighted by atomic mass is 9.90. The summed E-state index contributed by atoms with van der Waals surface area (Å²) in [6.07, 6.45) is 3.77. The van der Waals surface area contributed by atoms with Gasteiger partial charge in [-0.3, -0.25) is 9.59 Å². The molecule has 1 aliphatic heterocycles. The number of anilines is 1. The summed E-state index contributed by atoms with van der Waals surface area (Å²) < 4.78 is 26.9. The van der Waals surface area contributed by atoms with E-state index in [0.717, 1.165) is 0 Å². The van der Waals surface area contributed by atoms with Crippen molar-refractivity contribution in [2.45, 2.75) is 6.92 Å². The number of nitrogens with one attached hydrogen (secondary N) is 1. The fraction of sp³-hybridized carbons (Fsp3) is 0.391. The van der Waals surface area contributed by atoms with Crippen LogP contribution in [0.3, 0.4) is 0 Å². The molecular weight excluding hydrogens is 430 g/mol. The first-order valence-electron chi connectivity index (χ1n) is 10.4. The number of aromatic nitrogens is 2. The van der Waals surface area contributed by atoms with Gasteiger partial charge in [-0.05, 0) is 6.07 Å². The zero-order chi connectivity index (χ0) is 23.4. The van der Waals surface area contributed by atoms with Crippen LogP contribution in [0, 0.1) is 5.41 Å². The lowest BCUT2D eigenvalue weighted by molar-refractivity contribution is -0.135. The minimum atomic E-state index is -0.397. The summed E-state index contributed by atoms with van der Waals surface area (Å²) in [5.74, 6) is 0.561. The standard InChI is InChI=1S/C23H25N3O7/c1-23(10-31-11-23)12-33-19-9-17(27)16(7-18(19)28)26-22-14-6-20(30-3)21(32-5-4-29-2)8-15(14)24-13-25-22/h6-9,13H,4-5,10-12H2,1-3H3,(H,24,25,26). The molecule has 0 unspecified atom stereocenters. The van der Waals surface area contributed by atoms with Crippen molar-refractivity contribution < 1.29 is 33.3 Å². The molecule has 0 radical (unpaired) electrons. The number of ketones is 2. The van der Waals surface area contributed by atoms with E-state index < -0.39 is 11.6 Å². The number of benzene rings is 1. The SMILES string of the molecule is COCCOc1cc2ncnc(NC3=CC(=O)C(OCC4(C)COC4)=CC3=O)c2cc1OC. The lowest BCUT2D eigenvalue weighted by Crippen LogP contribution is -2.43. The molecule has 2 aromatic rings. The molecule has 0 amide bonds. The highest BCUT2D eigenvalue weighted by molar-refractivity contribution is 6.20. The van der Waals surface area contributed by atoms with Gasteiger partial charge in [0.25, 0.3) is 0 Å². The maximum Gasteiger partial charge on any atom is 0.222 e. The maximum absolute atomic E-state index is 12.7. The van der Waals surface area contributed by atoms with Crippen LogP contribution < -0.4 is 14.8 Å². The van der Waals surface area contributed by atoms with E-state index in [4.69, 9.17) is 23.7 Å². The van der Waals surface area contributed by atoms with Gasteiger partial charge in [0.15, 0.2) is 17.3 Å². The van der Waals surface area contributed by atoms with E-state index in [2.05, 4.69) is 15.3 Å². The van der Waals surface area contributed by atoms with Crippen LogP contribution >= 0.6 is 0 Å². The molecule has 0 spiro atoms. The number of nitrogens with zero attached hydrogens (tertiary/aromatic N) is 2. The Bertz CT molecular complexity index is 1140. The van der Waals surface area contributed by atoms with E-state index in [1.165, 1.54) is 25.6 Å². The van der Waals surface area contributed by atoms with Gasteiger partial charge in [0.05, 0.1) is 44.8 Å². The number of carbonyl (C=O) groups is 2. The number of carbonyl (C=O) groups excluding carboxylic acids is 2. The van der Waals surface area contributed by atoms with Crippen LogP contribution in [0.15, 0.2) is 42.1 Å². The van der Waals surface area contributed by atoms with Gasteiger partial charge in [0, 0.05) is 36.1 Å². The third kappa shape index (κ3) is 4.96. The number of fused-ring (bicyclic) bond motifs is 1. The van der Waals surface area contributed by atoms with Crippen molar-refractivity contribution >= 4 is 28.3 Å². The van der Waals surface area contributed by atoms with E-state index in [1.54, 1.807) is 19.2 Å². The van der Waals surface area contributed by atoms with Crippen LogP contribution in [0.1, 0.15) is 6.92 Å². The highest BCUT2D eigenvalue weighted by Gasteiger charge is 2.35. The molecule has 2 heterocycles. The van der Waals surface area contributed by atoms with Crippen LogP contribution in [0.25, 0.3) is 10.9 Å². The van der Waals surface area contributed by atoms with Gasteiger partial charge in [0.1, 0.15) is 18.8 Å². The molecule has 1 aromatic heterocycles. The zero-order valence-corrected chi connectivity index (χ0v) is 18.7. The van der Waals surface area contributed by atoms with Crippen molar-refractivity contribution in [2.24, 2.45) is 5.41 Å². The largest absolute Gasteiger partial charge is 0.493 e. The number of rotatable bonds is 10. The fourth-order valence-electron chi connectivity index (χ4n) is 3.34. The van der Waals surface area contributed by atoms with Crippen LogP contribution in [0.2, 0.25) is 0 Å². The number of hydrogen-bond donors (Lipinski definition) is 1. The van der Waals surface area contributed by atoms with Gasteiger partial charge in [0.2, 0.25) is 11.6 Å². The Morgan fingerprint density at radius 2 is 1.85 bits per heavy atom. The van der Waals surface area contributed by atoms with E-state index in [-0.39, 0.29) is 16.9 Å². The van der Waals surface area contributed by atoms with E-state index in [9.17, 15) is 9.59 Å². The Labute approximate surface area is 190 Å². The minimum absolute atomic E-state index is 0.0192. The Balaban J connectivity index is 1.53. The van der Waals surface area contributed by atoms with Crippen LogP contribution in [-0.2, 0) is 23.8 Å². The van der Waals surface area contributed by atoms with E-state index >= 15 is 0 Å². The molecule has 174 valence electrons. The normalized spacial score (nSPS) is 17.2. The molecule has 1 fully saturated rings. The Morgan fingerprint density at radius 1 is 1.03 bits per heavy atom. The third-order valence-corrected chi connectivity index (χ3v) is 5.24.